The molecule has 3 aromatic heterocycles. The summed E-state index contributed by atoms with van der Waals surface area (Å²) in [6.45, 7) is 6.37. The first-order valence-corrected chi connectivity index (χ1v) is 10.7. The fourth-order valence-corrected chi connectivity index (χ4v) is 4.75. The Hall–Kier alpha value is -2.52. The highest BCUT2D eigenvalue weighted by atomic mass is 32.1. The number of hydrogen-bond acceptors (Lipinski definition) is 6. The highest BCUT2D eigenvalue weighted by Gasteiger charge is 2.19. The van der Waals surface area contributed by atoms with Gasteiger partial charge in [0.2, 0.25) is 11.8 Å². The van der Waals surface area contributed by atoms with Crippen LogP contribution < -0.4 is 10.9 Å². The number of thiophene rings is 2. The normalized spacial score (nSPS) is 11.0. The van der Waals surface area contributed by atoms with E-state index in [0.717, 1.165) is 15.3 Å². The van der Waals surface area contributed by atoms with Crippen molar-refractivity contribution in [1.82, 2.24) is 19.8 Å². The van der Waals surface area contributed by atoms with E-state index in [2.05, 4.69) is 10.3 Å². The second-order valence-electron chi connectivity index (χ2n) is 6.28. The van der Waals surface area contributed by atoms with Crippen LogP contribution >= 0.6 is 22.7 Å². The minimum absolute atomic E-state index is 0.0221. The Morgan fingerprint density at radius 2 is 2.07 bits per heavy atom. The van der Waals surface area contributed by atoms with Gasteiger partial charge in [0.05, 0.1) is 18.3 Å². The maximum Gasteiger partial charge on any atom is 0.263 e. The number of aryl methyl sites for hydroxylation is 1. The van der Waals surface area contributed by atoms with Crippen molar-refractivity contribution in [2.24, 2.45) is 0 Å². The first-order valence-electron chi connectivity index (χ1n) is 9.02. The van der Waals surface area contributed by atoms with Gasteiger partial charge >= 0.3 is 0 Å². The van der Waals surface area contributed by atoms with Crippen LogP contribution in [0.3, 0.4) is 0 Å². The molecule has 3 rings (SSSR count). The summed E-state index contributed by atoms with van der Waals surface area (Å²) < 4.78 is 1.32. The molecular formula is C19H22N4O3S2. The second kappa shape index (κ2) is 8.66. The van der Waals surface area contributed by atoms with Crippen molar-refractivity contribution in [3.05, 3.63) is 39.1 Å². The van der Waals surface area contributed by atoms with Gasteiger partial charge in [-0.2, -0.15) is 0 Å². The summed E-state index contributed by atoms with van der Waals surface area (Å²) >= 11 is 3.04. The number of nitrogens with zero attached hydrogens (tertiary/aromatic N) is 3. The fourth-order valence-electron chi connectivity index (χ4n) is 2.89. The molecule has 0 atom stereocenters. The summed E-state index contributed by atoms with van der Waals surface area (Å²) in [7, 11) is 0. The van der Waals surface area contributed by atoms with Crippen LogP contribution in [0.15, 0.2) is 28.6 Å². The number of fused-ring (bicyclic) bond motifs is 1. The maximum atomic E-state index is 13.0. The predicted octanol–water partition coefficient (Wildman–Crippen LogP) is 2.48. The van der Waals surface area contributed by atoms with Crippen molar-refractivity contribution in [3.63, 3.8) is 0 Å². The Morgan fingerprint density at radius 3 is 2.71 bits per heavy atom. The van der Waals surface area contributed by atoms with Gasteiger partial charge in [-0.1, -0.05) is 0 Å². The molecule has 0 saturated carbocycles. The van der Waals surface area contributed by atoms with Gasteiger partial charge in [-0.25, -0.2) is 4.98 Å². The van der Waals surface area contributed by atoms with Crippen molar-refractivity contribution in [1.29, 1.82) is 0 Å². The summed E-state index contributed by atoms with van der Waals surface area (Å²) in [4.78, 5) is 46.1. The molecule has 28 heavy (non-hydrogen) atoms. The van der Waals surface area contributed by atoms with Crippen molar-refractivity contribution >= 4 is 44.7 Å². The Kier molecular flexibility index (Phi) is 6.25. The van der Waals surface area contributed by atoms with Crippen LogP contribution in [-0.2, 0) is 16.1 Å². The lowest BCUT2D eigenvalue weighted by atomic mass is 10.2. The van der Waals surface area contributed by atoms with E-state index in [-0.39, 0.29) is 30.5 Å². The highest BCUT2D eigenvalue weighted by Crippen LogP contribution is 2.34. The largest absolute Gasteiger partial charge is 0.355 e. The Morgan fingerprint density at radius 1 is 1.29 bits per heavy atom. The SMILES string of the molecule is CCNC(=O)CN(CC)C(=O)Cn1cnc2scc(-c3ccc(C)s3)c2c1=O. The van der Waals surface area contributed by atoms with Crippen LogP contribution in [0.2, 0.25) is 0 Å². The van der Waals surface area contributed by atoms with E-state index >= 15 is 0 Å². The van der Waals surface area contributed by atoms with E-state index in [1.165, 1.54) is 27.1 Å². The number of nitrogens with one attached hydrogen (secondary N) is 1. The number of amides is 2. The van der Waals surface area contributed by atoms with Crippen LogP contribution in [0, 0.1) is 6.92 Å². The first kappa shape index (κ1) is 20.2. The molecule has 0 spiro atoms. The molecule has 2 amide bonds. The summed E-state index contributed by atoms with van der Waals surface area (Å²) in [6.07, 6.45) is 1.41. The number of carbonyl (C=O) groups excluding carboxylic acids is 2. The molecule has 9 heteroatoms. The minimum atomic E-state index is -0.291. The molecule has 0 bridgehead atoms. The van der Waals surface area contributed by atoms with Gasteiger partial charge < -0.3 is 10.2 Å². The van der Waals surface area contributed by atoms with Gasteiger partial charge in [-0.15, -0.1) is 22.7 Å². The molecule has 148 valence electrons. The van der Waals surface area contributed by atoms with Crippen LogP contribution in [0.1, 0.15) is 18.7 Å². The molecule has 0 radical (unpaired) electrons. The smallest absolute Gasteiger partial charge is 0.263 e. The number of hydrogen-bond donors (Lipinski definition) is 1. The van der Waals surface area contributed by atoms with Gasteiger partial charge in [0, 0.05) is 33.8 Å². The quantitative estimate of drug-likeness (QED) is 0.639. The zero-order valence-electron chi connectivity index (χ0n) is 16.0. The number of rotatable bonds is 7. The van der Waals surface area contributed by atoms with Gasteiger partial charge in [0.25, 0.3) is 5.56 Å². The van der Waals surface area contributed by atoms with E-state index in [0.29, 0.717) is 23.3 Å². The van der Waals surface area contributed by atoms with Crippen LogP contribution in [0.25, 0.3) is 20.7 Å². The molecular weight excluding hydrogens is 396 g/mol. The van der Waals surface area contributed by atoms with Crippen molar-refractivity contribution in [3.8, 4) is 10.4 Å². The van der Waals surface area contributed by atoms with E-state index in [4.69, 9.17) is 0 Å². The summed E-state index contributed by atoms with van der Waals surface area (Å²) in [5, 5.41) is 5.15. The molecule has 0 unspecified atom stereocenters. The summed E-state index contributed by atoms with van der Waals surface area (Å²) in [5.74, 6) is -0.507. The topological polar surface area (TPSA) is 84.3 Å². The van der Waals surface area contributed by atoms with E-state index in [9.17, 15) is 14.4 Å². The number of likely N-dealkylation sites (N-methyl/N-ethyl adjacent to an activating group) is 2. The molecule has 0 aliphatic rings. The van der Waals surface area contributed by atoms with Crippen molar-refractivity contribution in [2.75, 3.05) is 19.6 Å². The molecule has 3 aromatic rings. The second-order valence-corrected chi connectivity index (χ2v) is 8.42. The van der Waals surface area contributed by atoms with E-state index in [1.807, 2.05) is 31.4 Å². The third-order valence-electron chi connectivity index (χ3n) is 4.31. The lowest BCUT2D eigenvalue weighted by Crippen LogP contribution is -2.42. The average Bonchev–Trinajstić information content (AvgIpc) is 3.28. The maximum absolute atomic E-state index is 13.0. The molecule has 0 saturated heterocycles. The molecule has 0 aliphatic heterocycles. The lowest BCUT2D eigenvalue weighted by Gasteiger charge is -2.20. The highest BCUT2D eigenvalue weighted by molar-refractivity contribution is 7.19. The van der Waals surface area contributed by atoms with E-state index in [1.54, 1.807) is 18.3 Å². The van der Waals surface area contributed by atoms with Gasteiger partial charge in [0.15, 0.2) is 0 Å². The van der Waals surface area contributed by atoms with Crippen LogP contribution in [0.4, 0.5) is 0 Å². The van der Waals surface area contributed by atoms with Crippen molar-refractivity contribution in [2.45, 2.75) is 27.3 Å². The summed E-state index contributed by atoms with van der Waals surface area (Å²) in [5.41, 5.74) is 0.613. The Labute approximate surface area is 170 Å². The number of aromatic nitrogens is 2. The average molecular weight is 419 g/mol. The first-order chi connectivity index (χ1) is 13.4. The zero-order valence-corrected chi connectivity index (χ0v) is 17.7. The third-order valence-corrected chi connectivity index (χ3v) is 6.24. The molecule has 0 fully saturated rings. The zero-order chi connectivity index (χ0) is 20.3. The van der Waals surface area contributed by atoms with Crippen molar-refractivity contribution < 1.29 is 9.59 Å². The molecule has 1 N–H and O–H groups in total. The molecule has 0 aliphatic carbocycles. The third kappa shape index (κ3) is 4.15. The summed E-state index contributed by atoms with van der Waals surface area (Å²) in [6, 6.07) is 4.01. The van der Waals surface area contributed by atoms with Crippen LogP contribution in [0.5, 0.6) is 0 Å². The minimum Gasteiger partial charge on any atom is -0.355 e. The van der Waals surface area contributed by atoms with Gasteiger partial charge in [-0.3, -0.25) is 19.0 Å². The number of carbonyl (C=O) groups is 2. The van der Waals surface area contributed by atoms with Gasteiger partial charge in [0.1, 0.15) is 11.4 Å². The molecule has 7 nitrogen and oxygen atoms in total. The molecule has 0 aromatic carbocycles. The monoisotopic (exact) mass is 418 g/mol. The van der Waals surface area contributed by atoms with Crippen LogP contribution in [-0.4, -0.2) is 45.9 Å². The fraction of sp³-hybridized carbons (Fsp3) is 0.368. The standard InChI is InChI=1S/C19H22N4O3S2/c1-4-20-15(24)8-22(5-2)16(25)9-23-11-21-18-17(19(23)26)13(10-27-18)14-7-6-12(3)28-14/h6-7,10-11H,4-5,8-9H2,1-3H3,(H,20,24). The molecule has 3 heterocycles. The predicted molar refractivity (Wildman–Crippen MR) is 113 cm³/mol. The lowest BCUT2D eigenvalue weighted by molar-refractivity contribution is -0.136. The Bertz CT molecular complexity index is 1070. The van der Waals surface area contributed by atoms with E-state index < -0.39 is 0 Å². The van der Waals surface area contributed by atoms with Gasteiger partial charge in [-0.05, 0) is 32.9 Å². The Balaban J connectivity index is 1.89.